The molecule has 1 unspecified atom stereocenters. The SMILES string of the molecule is CNC1CCN(C(=O)C2CSCCS2)CC1. The molecule has 0 saturated carbocycles. The molecule has 1 amide bonds. The predicted molar refractivity (Wildman–Crippen MR) is 72.2 cm³/mol. The summed E-state index contributed by atoms with van der Waals surface area (Å²) in [4.78, 5) is 14.3. The molecule has 2 rings (SSSR count). The number of nitrogens with one attached hydrogen (secondary N) is 1. The van der Waals surface area contributed by atoms with Crippen molar-refractivity contribution in [2.45, 2.75) is 24.1 Å². The average Bonchev–Trinajstić information content (AvgIpc) is 2.39. The first kappa shape index (κ1) is 12.6. The lowest BCUT2D eigenvalue weighted by Gasteiger charge is -2.34. The van der Waals surface area contributed by atoms with E-state index in [0.717, 1.165) is 37.4 Å². The van der Waals surface area contributed by atoms with Crippen molar-refractivity contribution >= 4 is 29.4 Å². The molecule has 2 heterocycles. The minimum Gasteiger partial charge on any atom is -0.342 e. The Morgan fingerprint density at radius 1 is 1.31 bits per heavy atom. The van der Waals surface area contributed by atoms with Crippen molar-refractivity contribution in [2.24, 2.45) is 0 Å². The number of likely N-dealkylation sites (tertiary alicyclic amines) is 1. The topological polar surface area (TPSA) is 32.3 Å². The monoisotopic (exact) mass is 260 g/mol. The van der Waals surface area contributed by atoms with Crippen LogP contribution in [0.2, 0.25) is 0 Å². The number of rotatable bonds is 2. The van der Waals surface area contributed by atoms with Gasteiger partial charge in [0.2, 0.25) is 5.91 Å². The quantitative estimate of drug-likeness (QED) is 0.804. The maximum absolute atomic E-state index is 12.2. The molecule has 1 N–H and O–H groups in total. The van der Waals surface area contributed by atoms with Gasteiger partial charge < -0.3 is 10.2 Å². The Labute approximate surface area is 106 Å². The molecule has 0 aromatic carbocycles. The number of hydrogen-bond acceptors (Lipinski definition) is 4. The summed E-state index contributed by atoms with van der Waals surface area (Å²) in [7, 11) is 2.01. The fraction of sp³-hybridized carbons (Fsp3) is 0.909. The Bertz CT molecular complexity index is 236. The number of piperidine rings is 1. The van der Waals surface area contributed by atoms with Gasteiger partial charge >= 0.3 is 0 Å². The summed E-state index contributed by atoms with van der Waals surface area (Å²) in [5.74, 6) is 3.73. The van der Waals surface area contributed by atoms with Gasteiger partial charge in [-0.1, -0.05) is 0 Å². The molecule has 92 valence electrons. The zero-order valence-electron chi connectivity index (χ0n) is 9.78. The van der Waals surface area contributed by atoms with Crippen molar-refractivity contribution in [3.63, 3.8) is 0 Å². The second-order valence-electron chi connectivity index (χ2n) is 4.32. The Morgan fingerprint density at radius 3 is 2.62 bits per heavy atom. The summed E-state index contributed by atoms with van der Waals surface area (Å²) in [6.45, 7) is 1.87. The number of carbonyl (C=O) groups is 1. The first-order chi connectivity index (χ1) is 7.81. The molecule has 2 fully saturated rings. The van der Waals surface area contributed by atoms with Crippen LogP contribution in [0.1, 0.15) is 12.8 Å². The highest BCUT2D eigenvalue weighted by atomic mass is 32.2. The lowest BCUT2D eigenvalue weighted by atomic mass is 10.1. The summed E-state index contributed by atoms with van der Waals surface area (Å²) in [5.41, 5.74) is 0. The van der Waals surface area contributed by atoms with Gasteiger partial charge in [0.25, 0.3) is 0 Å². The van der Waals surface area contributed by atoms with Crippen LogP contribution in [0.4, 0.5) is 0 Å². The highest BCUT2D eigenvalue weighted by Crippen LogP contribution is 2.26. The second-order valence-corrected chi connectivity index (χ2v) is 6.78. The maximum atomic E-state index is 12.2. The fourth-order valence-corrected chi connectivity index (χ4v) is 4.85. The van der Waals surface area contributed by atoms with Gasteiger partial charge in [-0.25, -0.2) is 0 Å². The molecule has 2 saturated heterocycles. The molecule has 2 aliphatic rings. The smallest absolute Gasteiger partial charge is 0.236 e. The van der Waals surface area contributed by atoms with Gasteiger partial charge in [-0.2, -0.15) is 11.8 Å². The Kier molecular flexibility index (Phi) is 4.85. The lowest BCUT2D eigenvalue weighted by Crippen LogP contribution is -2.47. The van der Waals surface area contributed by atoms with E-state index in [9.17, 15) is 4.79 Å². The van der Waals surface area contributed by atoms with Crippen molar-refractivity contribution in [1.29, 1.82) is 0 Å². The van der Waals surface area contributed by atoms with Crippen LogP contribution in [0.3, 0.4) is 0 Å². The van der Waals surface area contributed by atoms with Crippen LogP contribution in [-0.2, 0) is 4.79 Å². The minimum atomic E-state index is 0.227. The van der Waals surface area contributed by atoms with E-state index in [1.54, 1.807) is 0 Å². The van der Waals surface area contributed by atoms with Crippen LogP contribution < -0.4 is 5.32 Å². The van der Waals surface area contributed by atoms with E-state index in [2.05, 4.69) is 10.2 Å². The predicted octanol–water partition coefficient (Wildman–Crippen LogP) is 1.05. The van der Waals surface area contributed by atoms with E-state index in [-0.39, 0.29) is 5.25 Å². The van der Waals surface area contributed by atoms with Gasteiger partial charge in [0.05, 0.1) is 5.25 Å². The van der Waals surface area contributed by atoms with E-state index in [4.69, 9.17) is 0 Å². The number of carbonyl (C=O) groups excluding carboxylic acids is 1. The summed E-state index contributed by atoms with van der Waals surface area (Å²) < 4.78 is 0. The van der Waals surface area contributed by atoms with Gasteiger partial charge in [0, 0.05) is 36.4 Å². The molecule has 0 aromatic heterocycles. The van der Waals surface area contributed by atoms with Crippen LogP contribution in [0.25, 0.3) is 0 Å². The highest BCUT2D eigenvalue weighted by molar-refractivity contribution is 8.07. The van der Waals surface area contributed by atoms with E-state index >= 15 is 0 Å². The third-order valence-electron chi connectivity index (χ3n) is 3.31. The standard InChI is InChI=1S/C11H20N2OS2/c1-12-9-2-4-13(5-3-9)11(14)10-8-15-6-7-16-10/h9-10,12H,2-8H2,1H3. The Morgan fingerprint density at radius 2 is 2.06 bits per heavy atom. The summed E-state index contributed by atoms with van der Waals surface area (Å²) in [6.07, 6.45) is 2.21. The molecule has 0 aromatic rings. The molecular weight excluding hydrogens is 240 g/mol. The van der Waals surface area contributed by atoms with Gasteiger partial charge in [-0.3, -0.25) is 4.79 Å². The number of nitrogens with zero attached hydrogens (tertiary/aromatic N) is 1. The normalized spacial score (nSPS) is 28.1. The third kappa shape index (κ3) is 3.08. The fourth-order valence-electron chi connectivity index (χ4n) is 2.22. The van der Waals surface area contributed by atoms with Crippen LogP contribution in [0, 0.1) is 0 Å². The third-order valence-corrected chi connectivity index (χ3v) is 6.05. The Hall–Kier alpha value is 0.130. The summed E-state index contributed by atoms with van der Waals surface area (Å²) in [5, 5.41) is 3.52. The zero-order chi connectivity index (χ0) is 11.4. The van der Waals surface area contributed by atoms with E-state index in [1.165, 1.54) is 5.75 Å². The summed E-state index contributed by atoms with van der Waals surface area (Å²) in [6, 6.07) is 0.609. The molecule has 0 bridgehead atoms. The largest absolute Gasteiger partial charge is 0.342 e. The molecule has 0 aliphatic carbocycles. The average molecular weight is 260 g/mol. The molecule has 0 spiro atoms. The van der Waals surface area contributed by atoms with Crippen LogP contribution in [-0.4, -0.2) is 59.5 Å². The molecule has 5 heteroatoms. The highest BCUT2D eigenvalue weighted by Gasteiger charge is 2.29. The van der Waals surface area contributed by atoms with Crippen molar-refractivity contribution < 1.29 is 4.79 Å². The van der Waals surface area contributed by atoms with Gasteiger partial charge in [-0.05, 0) is 19.9 Å². The van der Waals surface area contributed by atoms with Crippen LogP contribution >= 0.6 is 23.5 Å². The van der Waals surface area contributed by atoms with E-state index in [1.807, 2.05) is 30.6 Å². The van der Waals surface area contributed by atoms with Crippen LogP contribution in [0.15, 0.2) is 0 Å². The minimum absolute atomic E-state index is 0.227. The first-order valence-corrected chi connectivity index (χ1v) is 8.17. The maximum Gasteiger partial charge on any atom is 0.236 e. The van der Waals surface area contributed by atoms with Crippen molar-refractivity contribution in [1.82, 2.24) is 10.2 Å². The molecule has 3 nitrogen and oxygen atoms in total. The summed E-state index contributed by atoms with van der Waals surface area (Å²) >= 11 is 3.76. The van der Waals surface area contributed by atoms with Crippen LogP contribution in [0.5, 0.6) is 0 Å². The molecular formula is C11H20N2OS2. The van der Waals surface area contributed by atoms with Gasteiger partial charge in [-0.15, -0.1) is 11.8 Å². The van der Waals surface area contributed by atoms with Gasteiger partial charge in [0.15, 0.2) is 0 Å². The molecule has 0 radical (unpaired) electrons. The van der Waals surface area contributed by atoms with Crippen molar-refractivity contribution in [2.75, 3.05) is 37.4 Å². The molecule has 16 heavy (non-hydrogen) atoms. The number of hydrogen-bond donors (Lipinski definition) is 1. The zero-order valence-corrected chi connectivity index (χ0v) is 11.4. The van der Waals surface area contributed by atoms with Crippen molar-refractivity contribution in [3.05, 3.63) is 0 Å². The van der Waals surface area contributed by atoms with Crippen molar-refractivity contribution in [3.8, 4) is 0 Å². The number of amides is 1. The molecule has 2 aliphatic heterocycles. The van der Waals surface area contributed by atoms with Gasteiger partial charge in [0.1, 0.15) is 0 Å². The number of thioether (sulfide) groups is 2. The first-order valence-electron chi connectivity index (χ1n) is 5.96. The Balaban J connectivity index is 1.81. The van der Waals surface area contributed by atoms with E-state index in [0.29, 0.717) is 11.9 Å². The second kappa shape index (κ2) is 6.17. The molecule has 1 atom stereocenters. The lowest BCUT2D eigenvalue weighted by molar-refractivity contribution is -0.131. The van der Waals surface area contributed by atoms with E-state index < -0.39 is 0 Å².